The summed E-state index contributed by atoms with van der Waals surface area (Å²) >= 11 is 3.54. The Labute approximate surface area is 94.0 Å². The molecule has 1 saturated carbocycles. The van der Waals surface area contributed by atoms with Crippen LogP contribution in [0.25, 0.3) is 0 Å². The molecule has 0 aromatic heterocycles. The first-order valence-corrected chi connectivity index (χ1v) is 6.05. The second-order valence-corrected chi connectivity index (χ2v) is 4.93. The summed E-state index contributed by atoms with van der Waals surface area (Å²) in [4.78, 5) is 0. The van der Waals surface area contributed by atoms with Crippen molar-refractivity contribution in [3.8, 4) is 0 Å². The SMILES string of the molecule is Cc1c(Br)cccc1NCCC1CC1. The Hall–Kier alpha value is -0.500. The average molecular weight is 254 g/mol. The van der Waals surface area contributed by atoms with E-state index in [1.165, 1.54) is 35.0 Å². The first-order valence-electron chi connectivity index (χ1n) is 5.26. The normalized spacial score (nSPS) is 15.6. The van der Waals surface area contributed by atoms with Crippen molar-refractivity contribution in [2.75, 3.05) is 11.9 Å². The first-order chi connectivity index (χ1) is 6.77. The van der Waals surface area contributed by atoms with Gasteiger partial charge in [0.05, 0.1) is 0 Å². The molecule has 2 heteroatoms. The van der Waals surface area contributed by atoms with E-state index < -0.39 is 0 Å². The molecule has 1 N–H and O–H groups in total. The van der Waals surface area contributed by atoms with Gasteiger partial charge in [0.25, 0.3) is 0 Å². The molecule has 1 nitrogen and oxygen atoms in total. The van der Waals surface area contributed by atoms with Gasteiger partial charge in [0, 0.05) is 16.7 Å². The maximum Gasteiger partial charge on any atom is 0.0381 e. The second kappa shape index (κ2) is 4.35. The van der Waals surface area contributed by atoms with Gasteiger partial charge >= 0.3 is 0 Å². The lowest BCUT2D eigenvalue weighted by molar-refractivity contribution is 0.760. The van der Waals surface area contributed by atoms with Crippen LogP contribution in [0.15, 0.2) is 22.7 Å². The molecule has 76 valence electrons. The molecule has 0 radical (unpaired) electrons. The minimum Gasteiger partial charge on any atom is -0.385 e. The van der Waals surface area contributed by atoms with Crippen molar-refractivity contribution in [2.45, 2.75) is 26.2 Å². The number of halogens is 1. The molecule has 1 aromatic carbocycles. The van der Waals surface area contributed by atoms with Crippen molar-refractivity contribution in [3.05, 3.63) is 28.2 Å². The Bertz CT molecular complexity index is 318. The topological polar surface area (TPSA) is 12.0 Å². The highest BCUT2D eigenvalue weighted by atomic mass is 79.9. The summed E-state index contributed by atoms with van der Waals surface area (Å²) in [7, 11) is 0. The Balaban J connectivity index is 1.90. The van der Waals surface area contributed by atoms with Gasteiger partial charge in [0.1, 0.15) is 0 Å². The van der Waals surface area contributed by atoms with E-state index in [4.69, 9.17) is 0 Å². The van der Waals surface area contributed by atoms with E-state index in [0.29, 0.717) is 0 Å². The van der Waals surface area contributed by atoms with E-state index in [1.807, 2.05) is 0 Å². The van der Waals surface area contributed by atoms with Gasteiger partial charge < -0.3 is 5.32 Å². The summed E-state index contributed by atoms with van der Waals surface area (Å²) in [5.41, 5.74) is 2.57. The molecule has 1 fully saturated rings. The molecule has 0 aliphatic heterocycles. The molecule has 14 heavy (non-hydrogen) atoms. The fraction of sp³-hybridized carbons (Fsp3) is 0.500. The van der Waals surface area contributed by atoms with Gasteiger partial charge in [-0.1, -0.05) is 34.8 Å². The molecule has 0 unspecified atom stereocenters. The maximum absolute atomic E-state index is 3.54. The second-order valence-electron chi connectivity index (χ2n) is 4.07. The molecular weight excluding hydrogens is 238 g/mol. The highest BCUT2D eigenvalue weighted by molar-refractivity contribution is 9.10. The van der Waals surface area contributed by atoms with Gasteiger partial charge in [-0.2, -0.15) is 0 Å². The number of rotatable bonds is 4. The Morgan fingerprint density at radius 2 is 2.21 bits per heavy atom. The fourth-order valence-corrected chi connectivity index (χ4v) is 1.98. The summed E-state index contributed by atoms with van der Waals surface area (Å²) in [6.45, 7) is 3.26. The Morgan fingerprint density at radius 1 is 1.43 bits per heavy atom. The van der Waals surface area contributed by atoms with Crippen LogP contribution in [0.5, 0.6) is 0 Å². The lowest BCUT2D eigenvalue weighted by atomic mass is 10.2. The molecule has 2 rings (SSSR count). The van der Waals surface area contributed by atoms with E-state index in [0.717, 1.165) is 12.5 Å². The van der Waals surface area contributed by atoms with E-state index >= 15 is 0 Å². The number of hydrogen-bond donors (Lipinski definition) is 1. The molecule has 0 heterocycles. The summed E-state index contributed by atoms with van der Waals surface area (Å²) < 4.78 is 1.19. The third-order valence-corrected chi connectivity index (χ3v) is 3.69. The Morgan fingerprint density at radius 3 is 2.93 bits per heavy atom. The molecule has 1 aromatic rings. The minimum absolute atomic E-state index is 1.01. The van der Waals surface area contributed by atoms with Crippen LogP contribution in [0.3, 0.4) is 0 Å². The third-order valence-electron chi connectivity index (χ3n) is 2.83. The van der Waals surface area contributed by atoms with E-state index in [1.54, 1.807) is 0 Å². The van der Waals surface area contributed by atoms with Crippen molar-refractivity contribution >= 4 is 21.6 Å². The number of nitrogens with one attached hydrogen (secondary N) is 1. The van der Waals surface area contributed by atoms with Crippen LogP contribution in [0.2, 0.25) is 0 Å². The van der Waals surface area contributed by atoms with Crippen LogP contribution in [-0.2, 0) is 0 Å². The maximum atomic E-state index is 3.54. The van der Waals surface area contributed by atoms with Crippen LogP contribution in [0, 0.1) is 12.8 Å². The van der Waals surface area contributed by atoms with Crippen LogP contribution in [0.4, 0.5) is 5.69 Å². The molecule has 0 amide bonds. The lowest BCUT2D eigenvalue weighted by Crippen LogP contribution is -2.03. The van der Waals surface area contributed by atoms with Crippen LogP contribution in [-0.4, -0.2) is 6.54 Å². The van der Waals surface area contributed by atoms with Crippen LogP contribution in [0.1, 0.15) is 24.8 Å². The van der Waals surface area contributed by atoms with E-state index in [9.17, 15) is 0 Å². The highest BCUT2D eigenvalue weighted by Gasteiger charge is 2.20. The summed E-state index contributed by atoms with van der Waals surface area (Å²) in [5, 5.41) is 3.50. The van der Waals surface area contributed by atoms with Crippen molar-refractivity contribution in [1.82, 2.24) is 0 Å². The molecule has 0 atom stereocenters. The molecule has 0 saturated heterocycles. The largest absolute Gasteiger partial charge is 0.385 e. The summed E-state index contributed by atoms with van der Waals surface area (Å²) in [5.74, 6) is 1.01. The molecule has 1 aliphatic rings. The average Bonchev–Trinajstić information content (AvgIpc) is 2.96. The smallest absolute Gasteiger partial charge is 0.0381 e. The van der Waals surface area contributed by atoms with Gasteiger partial charge in [0.2, 0.25) is 0 Å². The van der Waals surface area contributed by atoms with E-state index in [2.05, 4.69) is 46.4 Å². The van der Waals surface area contributed by atoms with Crippen molar-refractivity contribution in [2.24, 2.45) is 5.92 Å². The van der Waals surface area contributed by atoms with E-state index in [-0.39, 0.29) is 0 Å². The highest BCUT2D eigenvalue weighted by Crippen LogP contribution is 2.32. The zero-order valence-corrected chi connectivity index (χ0v) is 10.1. The quantitative estimate of drug-likeness (QED) is 0.857. The monoisotopic (exact) mass is 253 g/mol. The van der Waals surface area contributed by atoms with Gasteiger partial charge in [-0.3, -0.25) is 0 Å². The molecule has 1 aliphatic carbocycles. The number of anilines is 1. The lowest BCUT2D eigenvalue weighted by Gasteiger charge is -2.10. The Kier molecular flexibility index (Phi) is 3.12. The van der Waals surface area contributed by atoms with Gasteiger partial charge in [0.15, 0.2) is 0 Å². The summed E-state index contributed by atoms with van der Waals surface area (Å²) in [6, 6.07) is 6.31. The van der Waals surface area contributed by atoms with Crippen molar-refractivity contribution in [1.29, 1.82) is 0 Å². The number of benzene rings is 1. The van der Waals surface area contributed by atoms with Crippen LogP contribution < -0.4 is 5.32 Å². The van der Waals surface area contributed by atoms with Gasteiger partial charge in [-0.15, -0.1) is 0 Å². The molecule has 0 bridgehead atoms. The molecular formula is C12H16BrN. The zero-order chi connectivity index (χ0) is 9.97. The predicted octanol–water partition coefficient (Wildman–Crippen LogP) is 3.97. The van der Waals surface area contributed by atoms with Gasteiger partial charge in [-0.25, -0.2) is 0 Å². The standard InChI is InChI=1S/C12H16BrN/c1-9-11(13)3-2-4-12(9)14-8-7-10-5-6-10/h2-4,10,14H,5-8H2,1H3. The van der Waals surface area contributed by atoms with Crippen LogP contribution >= 0.6 is 15.9 Å². The zero-order valence-electron chi connectivity index (χ0n) is 8.52. The van der Waals surface area contributed by atoms with Crippen molar-refractivity contribution < 1.29 is 0 Å². The minimum atomic E-state index is 1.01. The summed E-state index contributed by atoms with van der Waals surface area (Å²) in [6.07, 6.45) is 4.21. The predicted molar refractivity (Wildman–Crippen MR) is 64.7 cm³/mol. The first kappa shape index (κ1) is 10.0. The molecule has 0 spiro atoms. The number of hydrogen-bond acceptors (Lipinski definition) is 1. The third kappa shape index (κ3) is 2.50. The fourth-order valence-electron chi connectivity index (χ4n) is 1.62. The van der Waals surface area contributed by atoms with Crippen molar-refractivity contribution in [3.63, 3.8) is 0 Å². The van der Waals surface area contributed by atoms with Gasteiger partial charge in [-0.05, 0) is 37.0 Å².